The number of fused-ring (bicyclic) bond motifs is 6. The van der Waals surface area contributed by atoms with Crippen LogP contribution in [0.15, 0.2) is 206 Å². The maximum absolute atomic E-state index is 5.38. The van der Waals surface area contributed by atoms with Crippen molar-refractivity contribution >= 4 is 43.5 Å². The minimum atomic E-state index is 0.910. The van der Waals surface area contributed by atoms with Crippen molar-refractivity contribution in [2.24, 2.45) is 0 Å². The van der Waals surface area contributed by atoms with Gasteiger partial charge in [0, 0.05) is 38.2 Å². The maximum atomic E-state index is 5.38. The first kappa shape index (κ1) is 32.7. The highest BCUT2D eigenvalue weighted by molar-refractivity contribution is 6.17. The van der Waals surface area contributed by atoms with Crippen LogP contribution in [0, 0.1) is 0 Å². The lowest BCUT2D eigenvalue weighted by Gasteiger charge is -2.11. The Morgan fingerprint density at radius 2 is 0.825 bits per heavy atom. The number of para-hydroxylation sites is 1. The smallest absolute Gasteiger partial charge is 0.101 e. The molecular formula is C53H34N4. The van der Waals surface area contributed by atoms with Gasteiger partial charge in [0.2, 0.25) is 0 Å². The van der Waals surface area contributed by atoms with Gasteiger partial charge < -0.3 is 0 Å². The highest BCUT2D eigenvalue weighted by Gasteiger charge is 2.21. The van der Waals surface area contributed by atoms with Gasteiger partial charge in [0.15, 0.2) is 0 Å². The van der Waals surface area contributed by atoms with Gasteiger partial charge in [-0.2, -0.15) is 5.10 Å². The molecule has 4 heteroatoms. The highest BCUT2D eigenvalue weighted by atomic mass is 15.3. The third-order valence-electron chi connectivity index (χ3n) is 11.0. The van der Waals surface area contributed by atoms with Crippen LogP contribution >= 0.6 is 0 Å². The van der Waals surface area contributed by atoms with Crippen LogP contribution in [0.4, 0.5) is 0 Å². The molecule has 0 unspecified atom stereocenters. The fourth-order valence-corrected chi connectivity index (χ4v) is 8.14. The van der Waals surface area contributed by atoms with Crippen molar-refractivity contribution in [2.45, 2.75) is 0 Å². The number of hydrogen-bond donors (Lipinski definition) is 0. The van der Waals surface area contributed by atoms with Crippen LogP contribution < -0.4 is 0 Å². The molecule has 3 aromatic heterocycles. The highest BCUT2D eigenvalue weighted by Crippen LogP contribution is 2.42. The molecule has 0 aliphatic rings. The van der Waals surface area contributed by atoms with Gasteiger partial charge in [-0.25, -0.2) is 14.6 Å². The third-order valence-corrected chi connectivity index (χ3v) is 11.0. The van der Waals surface area contributed by atoms with Crippen molar-refractivity contribution < 1.29 is 0 Å². The summed E-state index contributed by atoms with van der Waals surface area (Å²) in [4.78, 5) is 10.3. The van der Waals surface area contributed by atoms with E-state index in [1.54, 1.807) is 0 Å². The normalized spacial score (nSPS) is 11.5. The van der Waals surface area contributed by atoms with Crippen molar-refractivity contribution in [3.63, 3.8) is 0 Å². The molecule has 57 heavy (non-hydrogen) atoms. The fraction of sp³-hybridized carbons (Fsp3) is 0. The average Bonchev–Trinajstić information content (AvgIpc) is 3.70. The van der Waals surface area contributed by atoms with E-state index >= 15 is 0 Å². The Morgan fingerprint density at radius 3 is 1.44 bits per heavy atom. The van der Waals surface area contributed by atoms with Crippen LogP contribution in [0.3, 0.4) is 0 Å². The van der Waals surface area contributed by atoms with Crippen molar-refractivity contribution in [3.05, 3.63) is 206 Å². The van der Waals surface area contributed by atoms with Gasteiger partial charge in [-0.15, -0.1) is 0 Å². The molecule has 0 amide bonds. The van der Waals surface area contributed by atoms with Crippen LogP contribution in [0.25, 0.3) is 105 Å². The Bertz CT molecular complexity index is 3240. The Kier molecular flexibility index (Phi) is 7.78. The molecule has 11 aromatic rings. The number of aromatic nitrogens is 4. The minimum Gasteiger partial charge on any atom is -0.245 e. The molecule has 0 spiro atoms. The first-order valence-corrected chi connectivity index (χ1v) is 19.3. The Balaban J connectivity index is 0.975. The summed E-state index contributed by atoms with van der Waals surface area (Å²) in [5, 5.41) is 11.0. The molecule has 0 aliphatic carbocycles. The predicted molar refractivity (Wildman–Crippen MR) is 236 cm³/mol. The number of nitrogens with zero attached hydrogens (tertiary/aromatic N) is 4. The topological polar surface area (TPSA) is 43.6 Å². The lowest BCUT2D eigenvalue weighted by atomic mass is 9.93. The van der Waals surface area contributed by atoms with Gasteiger partial charge in [0.05, 0.1) is 33.6 Å². The monoisotopic (exact) mass is 726 g/mol. The molecule has 266 valence electrons. The molecule has 0 saturated heterocycles. The van der Waals surface area contributed by atoms with E-state index < -0.39 is 0 Å². The van der Waals surface area contributed by atoms with Crippen molar-refractivity contribution in [1.29, 1.82) is 0 Å². The van der Waals surface area contributed by atoms with E-state index in [1.807, 2.05) is 24.3 Å². The lowest BCUT2D eigenvalue weighted by Crippen LogP contribution is -1.96. The molecule has 0 saturated carbocycles. The Morgan fingerprint density at radius 1 is 0.351 bits per heavy atom. The molecule has 0 atom stereocenters. The first-order valence-electron chi connectivity index (χ1n) is 19.3. The van der Waals surface area contributed by atoms with Crippen LogP contribution in [0.2, 0.25) is 0 Å². The van der Waals surface area contributed by atoms with E-state index in [9.17, 15) is 0 Å². The second-order valence-corrected chi connectivity index (χ2v) is 14.5. The van der Waals surface area contributed by atoms with Crippen LogP contribution in [-0.4, -0.2) is 19.7 Å². The third kappa shape index (κ3) is 5.74. The summed E-state index contributed by atoms with van der Waals surface area (Å²) in [7, 11) is 0. The van der Waals surface area contributed by atoms with E-state index in [2.05, 4.69) is 187 Å². The summed E-state index contributed by atoms with van der Waals surface area (Å²) < 4.78 is 2.12. The van der Waals surface area contributed by atoms with Crippen molar-refractivity contribution in [3.8, 4) is 61.7 Å². The predicted octanol–water partition coefficient (Wildman–Crippen LogP) is 13.6. The molecular weight excluding hydrogens is 693 g/mol. The number of pyridine rings is 2. The summed E-state index contributed by atoms with van der Waals surface area (Å²) >= 11 is 0. The summed E-state index contributed by atoms with van der Waals surface area (Å²) in [5.74, 6) is 0. The standard InChI is InChI=1S/C53H34N4/c1-4-12-37(13-5-1)46-34-43-16-10-11-19-45(43)53-49(46)50(56-57(53)44-17-8-3-9-18-44)40-26-22-36(23-27-40)35-20-24-39(25-21-35)48-33-31-42-29-28-41-30-32-47(38-14-6-2-7-15-38)54-51(41)52(42)55-48/h1-34H. The zero-order chi connectivity index (χ0) is 37.7. The average molecular weight is 727 g/mol. The van der Waals surface area contributed by atoms with Gasteiger partial charge in [0.1, 0.15) is 5.69 Å². The van der Waals surface area contributed by atoms with Crippen molar-refractivity contribution in [1.82, 2.24) is 19.7 Å². The van der Waals surface area contributed by atoms with Gasteiger partial charge in [-0.05, 0) is 58.0 Å². The van der Waals surface area contributed by atoms with Crippen molar-refractivity contribution in [2.75, 3.05) is 0 Å². The van der Waals surface area contributed by atoms with E-state index in [0.29, 0.717) is 0 Å². The van der Waals surface area contributed by atoms with Gasteiger partial charge >= 0.3 is 0 Å². The van der Waals surface area contributed by atoms with E-state index in [1.165, 1.54) is 21.9 Å². The van der Waals surface area contributed by atoms with Crippen LogP contribution in [0.1, 0.15) is 0 Å². The zero-order valence-corrected chi connectivity index (χ0v) is 30.9. The second kappa shape index (κ2) is 13.6. The van der Waals surface area contributed by atoms with Gasteiger partial charge in [-0.3, -0.25) is 0 Å². The largest absolute Gasteiger partial charge is 0.245 e. The summed E-state index contributed by atoms with van der Waals surface area (Å²) in [6.07, 6.45) is 0. The summed E-state index contributed by atoms with van der Waals surface area (Å²) in [6.45, 7) is 0. The molecule has 3 heterocycles. The van der Waals surface area contributed by atoms with E-state index in [0.717, 1.165) is 83.3 Å². The molecule has 0 fully saturated rings. The van der Waals surface area contributed by atoms with Crippen LogP contribution in [-0.2, 0) is 0 Å². The molecule has 4 nitrogen and oxygen atoms in total. The molecule has 0 bridgehead atoms. The van der Waals surface area contributed by atoms with E-state index in [-0.39, 0.29) is 0 Å². The zero-order valence-electron chi connectivity index (χ0n) is 30.9. The second-order valence-electron chi connectivity index (χ2n) is 14.5. The first-order chi connectivity index (χ1) is 28.2. The summed E-state index contributed by atoms with van der Waals surface area (Å²) in [6, 6.07) is 72.6. The van der Waals surface area contributed by atoms with E-state index in [4.69, 9.17) is 15.1 Å². The number of benzene rings is 8. The minimum absolute atomic E-state index is 0.910. The van der Waals surface area contributed by atoms with Gasteiger partial charge in [0.25, 0.3) is 0 Å². The fourth-order valence-electron chi connectivity index (χ4n) is 8.14. The molecule has 8 aromatic carbocycles. The Labute approximate surface area is 330 Å². The Hall–Kier alpha value is -7.69. The van der Waals surface area contributed by atoms with Gasteiger partial charge in [-0.1, -0.05) is 176 Å². The molecule has 0 aliphatic heterocycles. The molecule has 11 rings (SSSR count). The molecule has 0 radical (unpaired) electrons. The quantitative estimate of drug-likeness (QED) is 0.160. The molecule has 0 N–H and O–H groups in total. The number of hydrogen-bond acceptors (Lipinski definition) is 3. The SMILES string of the molecule is c1ccc(-c2ccc3ccc4ccc(-c5ccc(-c6ccc(-c7nn(-c8ccccc8)c8c7c(-c7ccccc7)cc7ccccc78)cc6)cc5)nc4c3n2)cc1. The summed E-state index contributed by atoms with van der Waals surface area (Å²) in [5.41, 5.74) is 14.6. The lowest BCUT2D eigenvalue weighted by molar-refractivity contribution is 0.918. The number of rotatable bonds is 6. The maximum Gasteiger partial charge on any atom is 0.101 e. The van der Waals surface area contributed by atoms with Crippen LogP contribution in [0.5, 0.6) is 0 Å².